The molecule has 0 bridgehead atoms. The van der Waals surface area contributed by atoms with Gasteiger partial charge in [-0.1, -0.05) is 24.3 Å². The molecule has 4 rings (SSSR count). The Kier molecular flexibility index (Phi) is 4.61. The highest BCUT2D eigenvalue weighted by atomic mass is 16.2. The van der Waals surface area contributed by atoms with Crippen LogP contribution >= 0.6 is 0 Å². The Morgan fingerprint density at radius 3 is 2.59 bits per heavy atom. The van der Waals surface area contributed by atoms with Gasteiger partial charge in [-0.3, -0.25) is 14.6 Å². The Bertz CT molecular complexity index is 988. The van der Waals surface area contributed by atoms with Gasteiger partial charge in [-0.05, 0) is 47.9 Å². The maximum atomic E-state index is 12.9. The molecule has 1 N–H and O–H groups in total. The van der Waals surface area contributed by atoms with Crippen LogP contribution in [-0.2, 0) is 13.0 Å². The molecule has 0 spiro atoms. The SMILES string of the molecule is O=C(NCc1ccncc1)c1cccc(C(=O)N2CCc3ccccc32)n1. The Hall–Kier alpha value is -3.54. The zero-order valence-electron chi connectivity index (χ0n) is 14.6. The van der Waals surface area contributed by atoms with Crippen LogP contribution in [0.25, 0.3) is 0 Å². The third-order valence-electron chi connectivity index (χ3n) is 4.54. The van der Waals surface area contributed by atoms with E-state index >= 15 is 0 Å². The molecule has 0 saturated carbocycles. The largest absolute Gasteiger partial charge is 0.347 e. The van der Waals surface area contributed by atoms with Crippen LogP contribution in [0.1, 0.15) is 32.1 Å². The van der Waals surface area contributed by atoms with E-state index in [1.54, 1.807) is 35.5 Å². The lowest BCUT2D eigenvalue weighted by Gasteiger charge is -2.17. The van der Waals surface area contributed by atoms with E-state index in [4.69, 9.17) is 0 Å². The second-order valence-corrected chi connectivity index (χ2v) is 6.28. The lowest BCUT2D eigenvalue weighted by molar-refractivity contribution is 0.0945. The molecule has 0 atom stereocenters. The first-order valence-electron chi connectivity index (χ1n) is 8.76. The number of fused-ring (bicyclic) bond motifs is 1. The summed E-state index contributed by atoms with van der Waals surface area (Å²) >= 11 is 0. The molecule has 0 unspecified atom stereocenters. The molecule has 0 saturated heterocycles. The first-order valence-corrected chi connectivity index (χ1v) is 8.76. The van der Waals surface area contributed by atoms with E-state index in [9.17, 15) is 9.59 Å². The Balaban J connectivity index is 1.49. The quantitative estimate of drug-likeness (QED) is 0.778. The van der Waals surface area contributed by atoms with Crippen LogP contribution in [0.3, 0.4) is 0 Å². The van der Waals surface area contributed by atoms with Crippen LogP contribution in [0.15, 0.2) is 67.0 Å². The Labute approximate surface area is 156 Å². The fraction of sp³-hybridized carbons (Fsp3) is 0.143. The minimum atomic E-state index is -0.316. The zero-order valence-corrected chi connectivity index (χ0v) is 14.6. The number of para-hydroxylation sites is 1. The van der Waals surface area contributed by atoms with E-state index in [1.807, 2.05) is 36.4 Å². The van der Waals surface area contributed by atoms with E-state index in [1.165, 1.54) is 0 Å². The van der Waals surface area contributed by atoms with Crippen molar-refractivity contribution in [2.24, 2.45) is 0 Å². The Morgan fingerprint density at radius 2 is 1.74 bits per heavy atom. The van der Waals surface area contributed by atoms with Crippen LogP contribution in [0.4, 0.5) is 5.69 Å². The molecule has 1 aliphatic rings. The van der Waals surface area contributed by atoms with Crippen molar-refractivity contribution in [3.05, 3.63) is 89.5 Å². The van der Waals surface area contributed by atoms with Crippen molar-refractivity contribution in [3.63, 3.8) is 0 Å². The second-order valence-electron chi connectivity index (χ2n) is 6.28. The molecule has 134 valence electrons. The number of carbonyl (C=O) groups is 2. The normalized spacial score (nSPS) is 12.5. The van der Waals surface area contributed by atoms with Crippen LogP contribution in [-0.4, -0.2) is 28.3 Å². The summed E-state index contributed by atoms with van der Waals surface area (Å²) in [6.07, 6.45) is 4.17. The molecule has 0 radical (unpaired) electrons. The average Bonchev–Trinajstić information content (AvgIpc) is 3.16. The molecule has 6 heteroatoms. The first-order chi connectivity index (χ1) is 13.2. The van der Waals surface area contributed by atoms with E-state index < -0.39 is 0 Å². The summed E-state index contributed by atoms with van der Waals surface area (Å²) in [5.74, 6) is -0.507. The van der Waals surface area contributed by atoms with Crippen LogP contribution < -0.4 is 10.2 Å². The van der Waals surface area contributed by atoms with Gasteiger partial charge in [-0.25, -0.2) is 4.98 Å². The molecule has 1 aliphatic heterocycles. The number of aromatic nitrogens is 2. The minimum Gasteiger partial charge on any atom is -0.347 e. The summed E-state index contributed by atoms with van der Waals surface area (Å²) in [6, 6.07) is 16.4. The molecule has 3 heterocycles. The van der Waals surface area contributed by atoms with Crippen molar-refractivity contribution < 1.29 is 9.59 Å². The summed E-state index contributed by atoms with van der Waals surface area (Å²) in [6.45, 7) is 0.999. The monoisotopic (exact) mass is 358 g/mol. The number of pyridine rings is 2. The van der Waals surface area contributed by atoms with Gasteiger partial charge in [0.05, 0.1) is 0 Å². The van der Waals surface area contributed by atoms with Crippen LogP contribution in [0.5, 0.6) is 0 Å². The number of rotatable bonds is 4. The average molecular weight is 358 g/mol. The van der Waals surface area contributed by atoms with Gasteiger partial charge in [0.25, 0.3) is 11.8 Å². The number of carbonyl (C=O) groups excluding carboxylic acids is 2. The number of hydrogen-bond acceptors (Lipinski definition) is 4. The predicted octanol–water partition coefficient (Wildman–Crippen LogP) is 2.61. The lowest BCUT2D eigenvalue weighted by Crippen LogP contribution is -2.31. The maximum Gasteiger partial charge on any atom is 0.276 e. The second kappa shape index (κ2) is 7.37. The number of hydrogen-bond donors (Lipinski definition) is 1. The number of nitrogens with zero attached hydrogens (tertiary/aromatic N) is 3. The summed E-state index contributed by atoms with van der Waals surface area (Å²) in [5, 5.41) is 2.81. The molecule has 3 aromatic rings. The highest BCUT2D eigenvalue weighted by molar-refractivity contribution is 6.06. The molecular formula is C21H18N4O2. The third kappa shape index (κ3) is 3.55. The maximum absolute atomic E-state index is 12.9. The Morgan fingerprint density at radius 1 is 0.963 bits per heavy atom. The van der Waals surface area contributed by atoms with Crippen LogP contribution in [0.2, 0.25) is 0 Å². The van der Waals surface area contributed by atoms with Crippen molar-refractivity contribution in [1.29, 1.82) is 0 Å². The topological polar surface area (TPSA) is 75.2 Å². The molecule has 2 amide bonds. The van der Waals surface area contributed by atoms with Gasteiger partial charge in [0.15, 0.2) is 0 Å². The van der Waals surface area contributed by atoms with Gasteiger partial charge < -0.3 is 10.2 Å². The standard InChI is InChI=1S/C21H18N4O2/c26-20(23-14-15-8-11-22-12-9-15)17-5-3-6-18(24-17)21(27)25-13-10-16-4-1-2-7-19(16)25/h1-9,11-12H,10,13-14H2,(H,23,26). The van der Waals surface area contributed by atoms with Gasteiger partial charge in [0.2, 0.25) is 0 Å². The van der Waals surface area contributed by atoms with Gasteiger partial charge in [0, 0.05) is 31.2 Å². The van der Waals surface area contributed by atoms with Crippen molar-refractivity contribution in [2.45, 2.75) is 13.0 Å². The van der Waals surface area contributed by atoms with E-state index in [-0.39, 0.29) is 23.2 Å². The van der Waals surface area contributed by atoms with Crippen molar-refractivity contribution >= 4 is 17.5 Å². The summed E-state index contributed by atoms with van der Waals surface area (Å²) < 4.78 is 0. The summed E-state index contributed by atoms with van der Waals surface area (Å²) in [5.41, 5.74) is 3.50. The third-order valence-corrected chi connectivity index (χ3v) is 4.54. The van der Waals surface area contributed by atoms with Gasteiger partial charge in [-0.15, -0.1) is 0 Å². The van der Waals surface area contributed by atoms with Gasteiger partial charge >= 0.3 is 0 Å². The number of nitrogens with one attached hydrogen (secondary N) is 1. The van der Waals surface area contributed by atoms with Crippen LogP contribution in [0, 0.1) is 0 Å². The molecular weight excluding hydrogens is 340 g/mol. The fourth-order valence-electron chi connectivity index (χ4n) is 3.14. The number of anilines is 1. The van der Waals surface area contributed by atoms with Crippen molar-refractivity contribution in [2.75, 3.05) is 11.4 Å². The lowest BCUT2D eigenvalue weighted by atomic mass is 10.2. The van der Waals surface area contributed by atoms with E-state index in [0.717, 1.165) is 23.2 Å². The molecule has 27 heavy (non-hydrogen) atoms. The van der Waals surface area contributed by atoms with E-state index in [0.29, 0.717) is 13.1 Å². The van der Waals surface area contributed by atoms with Gasteiger partial charge in [-0.2, -0.15) is 0 Å². The van der Waals surface area contributed by atoms with Gasteiger partial charge in [0.1, 0.15) is 11.4 Å². The smallest absolute Gasteiger partial charge is 0.276 e. The van der Waals surface area contributed by atoms with Crippen molar-refractivity contribution in [1.82, 2.24) is 15.3 Å². The van der Waals surface area contributed by atoms with E-state index in [2.05, 4.69) is 15.3 Å². The fourth-order valence-corrected chi connectivity index (χ4v) is 3.14. The summed E-state index contributed by atoms with van der Waals surface area (Å²) in [7, 11) is 0. The first kappa shape index (κ1) is 16.9. The predicted molar refractivity (Wildman–Crippen MR) is 101 cm³/mol. The summed E-state index contributed by atoms with van der Waals surface area (Å²) in [4.78, 5) is 35.2. The molecule has 0 aliphatic carbocycles. The molecule has 1 aromatic carbocycles. The van der Waals surface area contributed by atoms with Crippen molar-refractivity contribution in [3.8, 4) is 0 Å². The highest BCUT2D eigenvalue weighted by Crippen LogP contribution is 2.28. The zero-order chi connectivity index (χ0) is 18.6. The molecule has 0 fully saturated rings. The number of amides is 2. The minimum absolute atomic E-state index is 0.191. The highest BCUT2D eigenvalue weighted by Gasteiger charge is 2.26. The molecule has 2 aromatic heterocycles. The molecule has 6 nitrogen and oxygen atoms in total. The number of benzene rings is 1.